The van der Waals surface area contributed by atoms with Crippen molar-refractivity contribution >= 4 is 5.97 Å². The summed E-state index contributed by atoms with van der Waals surface area (Å²) in [5, 5.41) is 3.36. The van der Waals surface area contributed by atoms with Crippen LogP contribution in [0.5, 0.6) is 0 Å². The molecule has 98 valence electrons. The van der Waals surface area contributed by atoms with Gasteiger partial charge in [-0.15, -0.1) is 0 Å². The van der Waals surface area contributed by atoms with Crippen molar-refractivity contribution in [1.82, 2.24) is 5.32 Å². The van der Waals surface area contributed by atoms with Crippen LogP contribution in [0.1, 0.15) is 34.3 Å². The number of carbonyl (C=O) groups is 1. The van der Waals surface area contributed by atoms with Crippen LogP contribution in [-0.4, -0.2) is 25.7 Å². The molecule has 0 bridgehead atoms. The lowest BCUT2D eigenvalue weighted by molar-refractivity contribution is 0.0599. The summed E-state index contributed by atoms with van der Waals surface area (Å²) in [7, 11) is 1.31. The molecule has 18 heavy (non-hydrogen) atoms. The van der Waals surface area contributed by atoms with Gasteiger partial charge >= 0.3 is 5.97 Å². The predicted molar refractivity (Wildman–Crippen MR) is 67.2 cm³/mol. The van der Waals surface area contributed by atoms with Crippen molar-refractivity contribution in [3.63, 3.8) is 0 Å². The summed E-state index contributed by atoms with van der Waals surface area (Å²) in [4.78, 5) is 11.6. The van der Waals surface area contributed by atoms with Crippen LogP contribution in [-0.2, 0) is 11.2 Å². The quantitative estimate of drug-likeness (QED) is 0.837. The van der Waals surface area contributed by atoms with Crippen LogP contribution in [0.4, 0.5) is 4.39 Å². The van der Waals surface area contributed by atoms with Gasteiger partial charge in [0.15, 0.2) is 0 Å². The Bertz CT molecular complexity index is 453. The molecular weight excluding hydrogens is 233 g/mol. The first-order valence-electron chi connectivity index (χ1n) is 6.22. The lowest BCUT2D eigenvalue weighted by Gasteiger charge is -2.13. The maximum Gasteiger partial charge on any atom is 0.338 e. The Hall–Kier alpha value is -1.42. The van der Waals surface area contributed by atoms with Gasteiger partial charge in [0.1, 0.15) is 5.82 Å². The van der Waals surface area contributed by atoms with E-state index in [0.29, 0.717) is 17.2 Å². The average molecular weight is 251 g/mol. The van der Waals surface area contributed by atoms with E-state index < -0.39 is 5.97 Å². The second-order valence-corrected chi connectivity index (χ2v) is 4.74. The fourth-order valence-corrected chi connectivity index (χ4v) is 2.39. The van der Waals surface area contributed by atoms with Crippen molar-refractivity contribution < 1.29 is 13.9 Å². The normalized spacial score (nSPS) is 18.9. The van der Waals surface area contributed by atoms with E-state index in [9.17, 15) is 9.18 Å². The maximum absolute atomic E-state index is 13.8. The summed E-state index contributed by atoms with van der Waals surface area (Å²) in [6.45, 7) is 2.61. The fraction of sp³-hybridized carbons (Fsp3) is 0.500. The minimum atomic E-state index is -0.479. The van der Waals surface area contributed by atoms with Crippen LogP contribution < -0.4 is 5.32 Å². The summed E-state index contributed by atoms with van der Waals surface area (Å²) in [5.41, 5.74) is 1.52. The summed E-state index contributed by atoms with van der Waals surface area (Å²) in [5.74, 6) is -0.821. The summed E-state index contributed by atoms with van der Waals surface area (Å²) >= 11 is 0. The second kappa shape index (κ2) is 5.48. The molecule has 0 aromatic heterocycles. The molecule has 3 nitrogen and oxygen atoms in total. The van der Waals surface area contributed by atoms with E-state index >= 15 is 0 Å². The van der Waals surface area contributed by atoms with Crippen molar-refractivity contribution in [1.29, 1.82) is 0 Å². The summed E-state index contributed by atoms with van der Waals surface area (Å²) in [6.07, 6.45) is 3.01. The minimum absolute atomic E-state index is 0.325. The van der Waals surface area contributed by atoms with Gasteiger partial charge in [-0.25, -0.2) is 9.18 Å². The molecule has 1 saturated heterocycles. The topological polar surface area (TPSA) is 38.3 Å². The average Bonchev–Trinajstić information content (AvgIpc) is 2.85. The third-order valence-electron chi connectivity index (χ3n) is 3.45. The molecule has 0 aliphatic carbocycles. The van der Waals surface area contributed by atoms with E-state index in [4.69, 9.17) is 0 Å². The minimum Gasteiger partial charge on any atom is -0.465 e. The zero-order valence-corrected chi connectivity index (χ0v) is 10.8. The van der Waals surface area contributed by atoms with Crippen LogP contribution in [0, 0.1) is 12.7 Å². The molecule has 1 N–H and O–H groups in total. The van der Waals surface area contributed by atoms with Gasteiger partial charge in [-0.2, -0.15) is 0 Å². The predicted octanol–water partition coefficient (Wildman–Crippen LogP) is 2.22. The van der Waals surface area contributed by atoms with Gasteiger partial charge in [0.2, 0.25) is 0 Å². The molecule has 1 fully saturated rings. The van der Waals surface area contributed by atoms with E-state index in [1.165, 1.54) is 13.2 Å². The molecule has 0 radical (unpaired) electrons. The number of nitrogens with one attached hydrogen (secondary N) is 1. The van der Waals surface area contributed by atoms with Gasteiger partial charge in [0.25, 0.3) is 0 Å². The number of hydrogen-bond acceptors (Lipinski definition) is 3. The summed E-state index contributed by atoms with van der Waals surface area (Å²) < 4.78 is 18.5. The zero-order valence-electron chi connectivity index (χ0n) is 10.8. The molecule has 1 atom stereocenters. The first-order chi connectivity index (χ1) is 8.61. The highest BCUT2D eigenvalue weighted by molar-refractivity contribution is 5.91. The van der Waals surface area contributed by atoms with Crippen LogP contribution in [0.2, 0.25) is 0 Å². The number of hydrogen-bond donors (Lipinski definition) is 1. The third kappa shape index (κ3) is 2.70. The number of halogens is 1. The Labute approximate surface area is 106 Å². The molecule has 0 saturated carbocycles. The molecule has 1 aromatic carbocycles. The molecule has 1 aliphatic rings. The Morgan fingerprint density at radius 2 is 2.33 bits per heavy atom. The van der Waals surface area contributed by atoms with Gasteiger partial charge in [-0.05, 0) is 56.0 Å². The lowest BCUT2D eigenvalue weighted by Crippen LogP contribution is -2.24. The van der Waals surface area contributed by atoms with E-state index in [1.807, 2.05) is 0 Å². The molecule has 1 unspecified atom stereocenters. The van der Waals surface area contributed by atoms with E-state index in [-0.39, 0.29) is 5.82 Å². The van der Waals surface area contributed by atoms with Crippen molar-refractivity contribution in [2.45, 2.75) is 32.2 Å². The number of benzene rings is 1. The van der Waals surface area contributed by atoms with Crippen molar-refractivity contribution in [2.75, 3.05) is 13.7 Å². The highest BCUT2D eigenvalue weighted by Gasteiger charge is 2.18. The van der Waals surface area contributed by atoms with Crippen molar-refractivity contribution in [2.24, 2.45) is 0 Å². The number of esters is 1. The fourth-order valence-electron chi connectivity index (χ4n) is 2.39. The Balaban J connectivity index is 2.25. The smallest absolute Gasteiger partial charge is 0.338 e. The zero-order chi connectivity index (χ0) is 13.1. The van der Waals surface area contributed by atoms with Crippen LogP contribution >= 0.6 is 0 Å². The van der Waals surface area contributed by atoms with Gasteiger partial charge < -0.3 is 10.1 Å². The van der Waals surface area contributed by atoms with Gasteiger partial charge in [0.05, 0.1) is 12.7 Å². The molecule has 1 aliphatic heterocycles. The largest absolute Gasteiger partial charge is 0.465 e. The molecule has 4 heteroatoms. The van der Waals surface area contributed by atoms with Crippen LogP contribution in [0.15, 0.2) is 12.1 Å². The standard InChI is InChI=1S/C14H18FNO2/c1-9-12(14(17)18-2)7-10(8-13(9)15)6-11-4-3-5-16-11/h7-8,11,16H,3-6H2,1-2H3. The second-order valence-electron chi connectivity index (χ2n) is 4.74. The van der Waals surface area contributed by atoms with E-state index in [2.05, 4.69) is 10.1 Å². The molecule has 0 spiro atoms. The molecule has 2 rings (SSSR count). The third-order valence-corrected chi connectivity index (χ3v) is 3.45. The first-order valence-corrected chi connectivity index (χ1v) is 6.22. The SMILES string of the molecule is COC(=O)c1cc(CC2CCCN2)cc(F)c1C. The van der Waals surface area contributed by atoms with Gasteiger partial charge in [-0.3, -0.25) is 0 Å². The molecule has 0 amide bonds. The van der Waals surface area contributed by atoms with E-state index in [1.54, 1.807) is 13.0 Å². The number of carbonyl (C=O) groups excluding carboxylic acids is 1. The highest BCUT2D eigenvalue weighted by atomic mass is 19.1. The highest BCUT2D eigenvalue weighted by Crippen LogP contribution is 2.19. The summed E-state index contributed by atoms with van der Waals surface area (Å²) in [6, 6.07) is 3.64. The molecule has 1 heterocycles. The number of rotatable bonds is 3. The molecular formula is C14H18FNO2. The van der Waals surface area contributed by atoms with Crippen LogP contribution in [0.25, 0.3) is 0 Å². The molecule has 1 aromatic rings. The van der Waals surface area contributed by atoms with Crippen LogP contribution in [0.3, 0.4) is 0 Å². The number of ether oxygens (including phenoxy) is 1. The maximum atomic E-state index is 13.8. The monoisotopic (exact) mass is 251 g/mol. The van der Waals surface area contributed by atoms with Gasteiger partial charge in [-0.1, -0.05) is 0 Å². The Kier molecular flexibility index (Phi) is 3.97. The Morgan fingerprint density at radius 3 is 2.94 bits per heavy atom. The number of methoxy groups -OCH3 is 1. The van der Waals surface area contributed by atoms with Crippen molar-refractivity contribution in [3.05, 3.63) is 34.6 Å². The van der Waals surface area contributed by atoms with E-state index in [0.717, 1.165) is 31.4 Å². The van der Waals surface area contributed by atoms with Crippen molar-refractivity contribution in [3.8, 4) is 0 Å². The lowest BCUT2D eigenvalue weighted by atomic mass is 9.99. The van der Waals surface area contributed by atoms with Gasteiger partial charge in [0, 0.05) is 6.04 Å². The Morgan fingerprint density at radius 1 is 1.56 bits per heavy atom. The first kappa shape index (κ1) is 13.0.